The van der Waals surface area contributed by atoms with Crippen LogP contribution in [0.1, 0.15) is 35.9 Å². The van der Waals surface area contributed by atoms with Gasteiger partial charge in [-0.25, -0.2) is 4.98 Å². The molecule has 1 aromatic carbocycles. The highest BCUT2D eigenvalue weighted by Crippen LogP contribution is 2.13. The summed E-state index contributed by atoms with van der Waals surface area (Å²) in [5, 5.41) is 5.36. The quantitative estimate of drug-likeness (QED) is 0.887. The van der Waals surface area contributed by atoms with Crippen LogP contribution < -0.4 is 10.6 Å². The molecular weight excluding hydrogens is 280 g/mol. The van der Waals surface area contributed by atoms with Crippen molar-refractivity contribution in [1.29, 1.82) is 0 Å². The number of rotatable bonds is 5. The van der Waals surface area contributed by atoms with Crippen molar-refractivity contribution >= 4 is 17.5 Å². The van der Waals surface area contributed by atoms with Crippen LogP contribution in [-0.4, -0.2) is 28.4 Å². The minimum atomic E-state index is -0.155. The Hall–Kier alpha value is -2.63. The number of aromatic nitrogens is 2. The van der Waals surface area contributed by atoms with Crippen LogP contribution in [0.4, 0.5) is 5.69 Å². The molecule has 0 fully saturated rings. The molecule has 0 unspecified atom stereocenters. The minimum absolute atomic E-state index is 0.132. The van der Waals surface area contributed by atoms with E-state index in [1.54, 1.807) is 43.7 Å². The van der Waals surface area contributed by atoms with E-state index in [1.807, 2.05) is 18.4 Å². The third kappa shape index (κ3) is 3.72. The monoisotopic (exact) mass is 300 g/mol. The van der Waals surface area contributed by atoms with E-state index in [9.17, 15) is 9.59 Å². The number of hydrogen-bond donors (Lipinski definition) is 2. The number of amides is 2. The van der Waals surface area contributed by atoms with Crippen LogP contribution in [0.3, 0.4) is 0 Å². The summed E-state index contributed by atoms with van der Waals surface area (Å²) in [6.07, 6.45) is 3.49. The number of nitrogens with zero attached hydrogens (tertiary/aromatic N) is 2. The molecule has 0 saturated carbocycles. The SMILES string of the molecule is CNC(=O)c1ccc(NC(=O)Cn2ccnc2C(C)C)cc1. The molecule has 2 N–H and O–H groups in total. The molecule has 22 heavy (non-hydrogen) atoms. The fraction of sp³-hybridized carbons (Fsp3) is 0.312. The second-order valence-electron chi connectivity index (χ2n) is 5.27. The zero-order valence-corrected chi connectivity index (χ0v) is 13.0. The fourth-order valence-corrected chi connectivity index (χ4v) is 2.16. The highest BCUT2D eigenvalue weighted by Gasteiger charge is 2.11. The molecule has 116 valence electrons. The number of anilines is 1. The smallest absolute Gasteiger partial charge is 0.251 e. The molecular formula is C16H20N4O2. The zero-order valence-electron chi connectivity index (χ0n) is 13.0. The van der Waals surface area contributed by atoms with Gasteiger partial charge < -0.3 is 15.2 Å². The third-order valence-electron chi connectivity index (χ3n) is 3.24. The second kappa shape index (κ2) is 6.89. The Morgan fingerprint density at radius 2 is 1.91 bits per heavy atom. The van der Waals surface area contributed by atoms with E-state index >= 15 is 0 Å². The first-order valence-corrected chi connectivity index (χ1v) is 7.14. The summed E-state index contributed by atoms with van der Waals surface area (Å²) >= 11 is 0. The predicted molar refractivity (Wildman–Crippen MR) is 84.8 cm³/mol. The van der Waals surface area contributed by atoms with Gasteiger partial charge in [-0.2, -0.15) is 0 Å². The van der Waals surface area contributed by atoms with Crippen molar-refractivity contribution in [2.24, 2.45) is 0 Å². The van der Waals surface area contributed by atoms with Crippen LogP contribution in [0.5, 0.6) is 0 Å². The van der Waals surface area contributed by atoms with Gasteiger partial charge in [0.2, 0.25) is 5.91 Å². The molecule has 0 radical (unpaired) electrons. The van der Waals surface area contributed by atoms with Gasteiger partial charge in [-0.3, -0.25) is 9.59 Å². The Bertz CT molecular complexity index is 659. The lowest BCUT2D eigenvalue weighted by molar-refractivity contribution is -0.116. The maximum Gasteiger partial charge on any atom is 0.251 e. The van der Waals surface area contributed by atoms with Crippen molar-refractivity contribution in [3.05, 3.63) is 48.0 Å². The van der Waals surface area contributed by atoms with Crippen LogP contribution >= 0.6 is 0 Å². The maximum absolute atomic E-state index is 12.1. The van der Waals surface area contributed by atoms with Crippen molar-refractivity contribution in [2.45, 2.75) is 26.3 Å². The van der Waals surface area contributed by atoms with E-state index in [4.69, 9.17) is 0 Å². The lowest BCUT2D eigenvalue weighted by Crippen LogP contribution is -2.20. The van der Waals surface area contributed by atoms with E-state index in [0.29, 0.717) is 11.3 Å². The fourth-order valence-electron chi connectivity index (χ4n) is 2.16. The summed E-state index contributed by atoms with van der Waals surface area (Å²) < 4.78 is 1.83. The standard InChI is InChI=1S/C16H20N4O2/c1-11(2)15-18-8-9-20(15)10-14(21)19-13-6-4-12(5-7-13)16(22)17-3/h4-9,11H,10H2,1-3H3,(H,17,22)(H,19,21). The normalized spacial score (nSPS) is 10.5. The van der Waals surface area contributed by atoms with Gasteiger partial charge in [-0.1, -0.05) is 13.8 Å². The molecule has 2 rings (SSSR count). The molecule has 2 aromatic rings. The van der Waals surface area contributed by atoms with Crippen LogP contribution in [-0.2, 0) is 11.3 Å². The van der Waals surface area contributed by atoms with Crippen molar-refractivity contribution < 1.29 is 9.59 Å². The first-order chi connectivity index (χ1) is 10.5. The van der Waals surface area contributed by atoms with E-state index in [0.717, 1.165) is 5.82 Å². The minimum Gasteiger partial charge on any atom is -0.355 e. The summed E-state index contributed by atoms with van der Waals surface area (Å²) in [7, 11) is 1.58. The van der Waals surface area contributed by atoms with E-state index in [2.05, 4.69) is 15.6 Å². The first-order valence-electron chi connectivity index (χ1n) is 7.14. The van der Waals surface area contributed by atoms with Gasteiger partial charge in [-0.15, -0.1) is 0 Å². The van der Waals surface area contributed by atoms with Gasteiger partial charge in [-0.05, 0) is 24.3 Å². The average Bonchev–Trinajstić information content (AvgIpc) is 2.95. The van der Waals surface area contributed by atoms with Crippen molar-refractivity contribution in [3.63, 3.8) is 0 Å². The molecule has 0 aliphatic carbocycles. The van der Waals surface area contributed by atoms with Crippen molar-refractivity contribution in [1.82, 2.24) is 14.9 Å². The molecule has 6 heteroatoms. The summed E-state index contributed by atoms with van der Waals surface area (Å²) in [6, 6.07) is 6.76. The molecule has 0 spiro atoms. The predicted octanol–water partition coefficient (Wildman–Crippen LogP) is 2.00. The third-order valence-corrected chi connectivity index (χ3v) is 3.24. The molecule has 0 saturated heterocycles. The second-order valence-corrected chi connectivity index (χ2v) is 5.27. The van der Waals surface area contributed by atoms with Crippen molar-refractivity contribution in [2.75, 3.05) is 12.4 Å². The van der Waals surface area contributed by atoms with Crippen LogP contribution in [0.25, 0.3) is 0 Å². The van der Waals surface area contributed by atoms with Crippen LogP contribution in [0, 0.1) is 0 Å². The molecule has 0 bridgehead atoms. The number of imidazole rings is 1. The Kier molecular flexibility index (Phi) is 4.93. The van der Waals surface area contributed by atoms with E-state index in [-0.39, 0.29) is 24.3 Å². The van der Waals surface area contributed by atoms with Crippen molar-refractivity contribution in [3.8, 4) is 0 Å². The largest absolute Gasteiger partial charge is 0.355 e. The van der Waals surface area contributed by atoms with Gasteiger partial charge in [0.15, 0.2) is 0 Å². The zero-order chi connectivity index (χ0) is 16.1. The Labute approximate surface area is 129 Å². The van der Waals surface area contributed by atoms with Gasteiger partial charge in [0.25, 0.3) is 5.91 Å². The molecule has 0 aliphatic rings. The number of nitrogens with one attached hydrogen (secondary N) is 2. The van der Waals surface area contributed by atoms with Crippen LogP contribution in [0.2, 0.25) is 0 Å². The topological polar surface area (TPSA) is 76.0 Å². The lowest BCUT2D eigenvalue weighted by Gasteiger charge is -2.11. The van der Waals surface area contributed by atoms with Gasteiger partial charge >= 0.3 is 0 Å². The Morgan fingerprint density at radius 3 is 2.50 bits per heavy atom. The molecule has 1 heterocycles. The molecule has 6 nitrogen and oxygen atoms in total. The highest BCUT2D eigenvalue weighted by atomic mass is 16.2. The number of carbonyl (C=O) groups is 2. The van der Waals surface area contributed by atoms with Crippen LogP contribution in [0.15, 0.2) is 36.7 Å². The van der Waals surface area contributed by atoms with Gasteiger partial charge in [0, 0.05) is 36.6 Å². The maximum atomic E-state index is 12.1. The summed E-state index contributed by atoms with van der Waals surface area (Å²) in [5.74, 6) is 0.852. The molecule has 1 aromatic heterocycles. The molecule has 2 amide bonds. The van der Waals surface area contributed by atoms with E-state index in [1.165, 1.54) is 0 Å². The Morgan fingerprint density at radius 1 is 1.23 bits per heavy atom. The lowest BCUT2D eigenvalue weighted by atomic mass is 10.2. The van der Waals surface area contributed by atoms with E-state index < -0.39 is 0 Å². The molecule has 0 aliphatic heterocycles. The average molecular weight is 300 g/mol. The first kappa shape index (κ1) is 15.8. The van der Waals surface area contributed by atoms with Gasteiger partial charge in [0.1, 0.15) is 12.4 Å². The number of carbonyl (C=O) groups excluding carboxylic acids is 2. The Balaban J connectivity index is 2.00. The highest BCUT2D eigenvalue weighted by molar-refractivity contribution is 5.95. The summed E-state index contributed by atoms with van der Waals surface area (Å²) in [4.78, 5) is 27.8. The summed E-state index contributed by atoms with van der Waals surface area (Å²) in [6.45, 7) is 4.28. The molecule has 0 atom stereocenters. The number of hydrogen-bond acceptors (Lipinski definition) is 3. The number of benzene rings is 1. The summed E-state index contributed by atoms with van der Waals surface area (Å²) in [5.41, 5.74) is 1.21. The van der Waals surface area contributed by atoms with Gasteiger partial charge in [0.05, 0.1) is 0 Å².